The van der Waals surface area contributed by atoms with Gasteiger partial charge in [0.2, 0.25) is 0 Å². The summed E-state index contributed by atoms with van der Waals surface area (Å²) < 4.78 is 15.4. The van der Waals surface area contributed by atoms with E-state index in [1.165, 1.54) is 0 Å². The molecule has 1 fully saturated rings. The summed E-state index contributed by atoms with van der Waals surface area (Å²) in [4.78, 5) is 10.7. The molecule has 0 aromatic rings. The van der Waals surface area contributed by atoms with E-state index in [0.717, 1.165) is 19.4 Å². The lowest BCUT2D eigenvalue weighted by atomic mass is 10.0. The highest BCUT2D eigenvalue weighted by Gasteiger charge is 2.31. The van der Waals surface area contributed by atoms with E-state index < -0.39 is 6.16 Å². The van der Waals surface area contributed by atoms with Crippen molar-refractivity contribution in [2.75, 3.05) is 13.2 Å². The van der Waals surface area contributed by atoms with Gasteiger partial charge in [-0.05, 0) is 20.3 Å². The molecule has 0 aromatic heterocycles. The second-order valence-corrected chi connectivity index (χ2v) is 4.47. The highest BCUT2D eigenvalue weighted by Crippen LogP contribution is 2.22. The van der Waals surface area contributed by atoms with Crippen LogP contribution in [0.25, 0.3) is 0 Å². The normalized spacial score (nSPS) is 21.3. The van der Waals surface area contributed by atoms with Gasteiger partial charge >= 0.3 is 6.16 Å². The zero-order chi connectivity index (χ0) is 11.3. The SMILES string of the molecule is CCCCOC(C)(C)CC1COC(=O)O1. The van der Waals surface area contributed by atoms with Crippen molar-refractivity contribution in [1.29, 1.82) is 0 Å². The highest BCUT2D eigenvalue weighted by molar-refractivity contribution is 5.61. The fourth-order valence-corrected chi connectivity index (χ4v) is 1.57. The summed E-state index contributed by atoms with van der Waals surface area (Å²) in [5, 5.41) is 0. The van der Waals surface area contributed by atoms with Crippen molar-refractivity contribution in [1.82, 2.24) is 0 Å². The Labute approximate surface area is 90.9 Å². The van der Waals surface area contributed by atoms with Crippen LogP contribution >= 0.6 is 0 Å². The minimum atomic E-state index is -0.565. The van der Waals surface area contributed by atoms with Crippen molar-refractivity contribution in [3.05, 3.63) is 0 Å². The summed E-state index contributed by atoms with van der Waals surface area (Å²) >= 11 is 0. The number of unbranched alkanes of at least 4 members (excludes halogenated alkanes) is 1. The maximum absolute atomic E-state index is 10.7. The van der Waals surface area contributed by atoms with Crippen molar-refractivity contribution >= 4 is 6.16 Å². The van der Waals surface area contributed by atoms with E-state index in [2.05, 4.69) is 6.92 Å². The topological polar surface area (TPSA) is 44.8 Å². The van der Waals surface area contributed by atoms with Gasteiger partial charge in [0, 0.05) is 13.0 Å². The molecule has 1 aliphatic rings. The fourth-order valence-electron chi connectivity index (χ4n) is 1.57. The first kappa shape index (κ1) is 12.3. The van der Waals surface area contributed by atoms with Crippen molar-refractivity contribution in [3.8, 4) is 0 Å². The Hall–Kier alpha value is -0.770. The summed E-state index contributed by atoms with van der Waals surface area (Å²) in [7, 11) is 0. The Morgan fingerprint density at radius 2 is 2.27 bits per heavy atom. The third-order valence-corrected chi connectivity index (χ3v) is 2.36. The molecule has 4 heteroatoms. The molecule has 88 valence electrons. The molecule has 1 heterocycles. The largest absolute Gasteiger partial charge is 0.508 e. The molecule has 1 saturated heterocycles. The minimum Gasteiger partial charge on any atom is -0.430 e. The maximum atomic E-state index is 10.7. The first-order valence-electron chi connectivity index (χ1n) is 5.51. The molecular formula is C11H20O4. The molecule has 0 N–H and O–H groups in total. The lowest BCUT2D eigenvalue weighted by Gasteiger charge is -2.26. The van der Waals surface area contributed by atoms with E-state index >= 15 is 0 Å². The van der Waals surface area contributed by atoms with Crippen LogP contribution in [-0.4, -0.2) is 31.1 Å². The summed E-state index contributed by atoms with van der Waals surface area (Å²) in [6.07, 6.45) is 2.14. The number of hydrogen-bond acceptors (Lipinski definition) is 4. The van der Waals surface area contributed by atoms with Crippen LogP contribution in [0.4, 0.5) is 4.79 Å². The number of rotatable bonds is 6. The Morgan fingerprint density at radius 3 is 2.80 bits per heavy atom. The lowest BCUT2D eigenvalue weighted by Crippen LogP contribution is -2.31. The Bertz CT molecular complexity index is 213. The zero-order valence-corrected chi connectivity index (χ0v) is 9.75. The predicted octanol–water partition coefficient (Wildman–Crippen LogP) is 2.51. The van der Waals surface area contributed by atoms with Crippen LogP contribution < -0.4 is 0 Å². The minimum absolute atomic E-state index is 0.158. The molecule has 1 atom stereocenters. The van der Waals surface area contributed by atoms with E-state index in [0.29, 0.717) is 13.0 Å². The van der Waals surface area contributed by atoms with Crippen LogP contribution in [-0.2, 0) is 14.2 Å². The van der Waals surface area contributed by atoms with Gasteiger partial charge in [-0.15, -0.1) is 0 Å². The van der Waals surface area contributed by atoms with E-state index in [9.17, 15) is 4.79 Å². The van der Waals surface area contributed by atoms with Gasteiger partial charge in [-0.25, -0.2) is 4.79 Å². The average molecular weight is 216 g/mol. The van der Waals surface area contributed by atoms with Crippen LogP contribution in [0, 0.1) is 0 Å². The van der Waals surface area contributed by atoms with Gasteiger partial charge in [-0.1, -0.05) is 13.3 Å². The molecule has 0 radical (unpaired) electrons. The zero-order valence-electron chi connectivity index (χ0n) is 9.75. The second-order valence-electron chi connectivity index (χ2n) is 4.47. The summed E-state index contributed by atoms with van der Waals surface area (Å²) in [6.45, 7) is 7.25. The van der Waals surface area contributed by atoms with Crippen LogP contribution in [0.2, 0.25) is 0 Å². The van der Waals surface area contributed by atoms with Crippen molar-refractivity contribution in [2.24, 2.45) is 0 Å². The van der Waals surface area contributed by atoms with Crippen LogP contribution in [0.1, 0.15) is 40.0 Å². The molecule has 4 nitrogen and oxygen atoms in total. The van der Waals surface area contributed by atoms with E-state index in [1.54, 1.807) is 0 Å². The number of carbonyl (C=O) groups is 1. The van der Waals surface area contributed by atoms with Crippen LogP contribution in [0.5, 0.6) is 0 Å². The van der Waals surface area contributed by atoms with Crippen LogP contribution in [0.15, 0.2) is 0 Å². The van der Waals surface area contributed by atoms with Gasteiger partial charge < -0.3 is 14.2 Å². The molecule has 1 rings (SSSR count). The summed E-state index contributed by atoms with van der Waals surface area (Å²) in [6, 6.07) is 0. The molecule has 0 amide bonds. The van der Waals surface area contributed by atoms with Crippen molar-refractivity contribution in [3.63, 3.8) is 0 Å². The van der Waals surface area contributed by atoms with Gasteiger partial charge in [0.15, 0.2) is 0 Å². The number of cyclic esters (lactones) is 2. The summed E-state index contributed by atoms with van der Waals surface area (Å²) in [5.41, 5.74) is -0.256. The van der Waals surface area contributed by atoms with Crippen molar-refractivity contribution in [2.45, 2.75) is 51.7 Å². The Kier molecular flexibility index (Phi) is 4.39. The smallest absolute Gasteiger partial charge is 0.430 e. The third-order valence-electron chi connectivity index (χ3n) is 2.36. The molecule has 1 unspecified atom stereocenters. The number of hydrogen-bond donors (Lipinski definition) is 0. The predicted molar refractivity (Wildman–Crippen MR) is 55.8 cm³/mol. The molecule has 0 aromatic carbocycles. The average Bonchev–Trinajstić information content (AvgIpc) is 2.50. The van der Waals surface area contributed by atoms with E-state index in [-0.39, 0.29) is 11.7 Å². The van der Waals surface area contributed by atoms with E-state index in [4.69, 9.17) is 14.2 Å². The van der Waals surface area contributed by atoms with Gasteiger partial charge in [0.1, 0.15) is 12.7 Å². The molecule has 0 spiro atoms. The monoisotopic (exact) mass is 216 g/mol. The van der Waals surface area contributed by atoms with Gasteiger partial charge in [0.05, 0.1) is 5.60 Å². The van der Waals surface area contributed by atoms with Gasteiger partial charge in [-0.3, -0.25) is 0 Å². The third kappa shape index (κ3) is 4.51. The lowest BCUT2D eigenvalue weighted by molar-refractivity contribution is -0.0455. The molecule has 15 heavy (non-hydrogen) atoms. The standard InChI is InChI=1S/C11H20O4/c1-4-5-6-14-11(2,3)7-9-8-13-10(12)15-9/h9H,4-8H2,1-3H3. The fraction of sp³-hybridized carbons (Fsp3) is 0.909. The van der Waals surface area contributed by atoms with Gasteiger partial charge in [-0.2, -0.15) is 0 Å². The van der Waals surface area contributed by atoms with Crippen molar-refractivity contribution < 1.29 is 19.0 Å². The Morgan fingerprint density at radius 1 is 1.53 bits per heavy atom. The molecule has 0 aliphatic carbocycles. The first-order valence-corrected chi connectivity index (χ1v) is 5.51. The summed E-state index contributed by atoms with van der Waals surface area (Å²) in [5.74, 6) is 0. The molecule has 0 bridgehead atoms. The first-order chi connectivity index (χ1) is 7.03. The number of carbonyl (C=O) groups excluding carboxylic acids is 1. The highest BCUT2D eigenvalue weighted by atomic mass is 16.8. The Balaban J connectivity index is 2.25. The quantitative estimate of drug-likeness (QED) is 0.505. The maximum Gasteiger partial charge on any atom is 0.508 e. The molecule has 1 aliphatic heterocycles. The molecule has 0 saturated carbocycles. The van der Waals surface area contributed by atoms with E-state index in [1.807, 2.05) is 13.8 Å². The number of ether oxygens (including phenoxy) is 3. The van der Waals surface area contributed by atoms with Crippen LogP contribution in [0.3, 0.4) is 0 Å². The molecular weight excluding hydrogens is 196 g/mol. The second kappa shape index (κ2) is 5.35. The van der Waals surface area contributed by atoms with Gasteiger partial charge in [0.25, 0.3) is 0 Å².